The summed E-state index contributed by atoms with van der Waals surface area (Å²) in [6, 6.07) is 21.0. The Hall–Kier alpha value is -3.12. The summed E-state index contributed by atoms with van der Waals surface area (Å²) < 4.78 is 5.85. The third-order valence-electron chi connectivity index (χ3n) is 3.83. The third kappa shape index (κ3) is 4.74. The molecular weight excluding hydrogens is 408 g/mol. The minimum Gasteiger partial charge on any atom is -0.496 e. The molecule has 0 saturated heterocycles. The average Bonchev–Trinajstić information content (AvgIpc) is 2.69. The van der Waals surface area contributed by atoms with E-state index in [4.69, 9.17) is 4.74 Å². The molecule has 6 heteroatoms. The fraction of sp³-hybridized carbons (Fsp3) is 0.0476. The Labute approximate surface area is 165 Å². The van der Waals surface area contributed by atoms with Crippen molar-refractivity contribution in [3.05, 3.63) is 88.4 Å². The number of methoxy groups -OCH3 is 1. The highest BCUT2D eigenvalue weighted by molar-refractivity contribution is 9.10. The highest BCUT2D eigenvalue weighted by atomic mass is 79.9. The molecule has 0 radical (unpaired) electrons. The van der Waals surface area contributed by atoms with Gasteiger partial charge >= 0.3 is 0 Å². The van der Waals surface area contributed by atoms with Gasteiger partial charge in [0.15, 0.2) is 0 Å². The van der Waals surface area contributed by atoms with Crippen LogP contribution in [0, 0.1) is 0 Å². The molecule has 0 saturated carbocycles. The molecule has 0 aliphatic rings. The first-order chi connectivity index (χ1) is 13.1. The van der Waals surface area contributed by atoms with Crippen molar-refractivity contribution in [1.82, 2.24) is 0 Å². The van der Waals surface area contributed by atoms with Gasteiger partial charge in [-0.2, -0.15) is 0 Å². The monoisotopic (exact) mass is 424 g/mol. The number of anilines is 2. The van der Waals surface area contributed by atoms with Crippen LogP contribution in [0.2, 0.25) is 0 Å². The first-order valence-corrected chi connectivity index (χ1v) is 8.97. The lowest BCUT2D eigenvalue weighted by Gasteiger charge is -2.09. The molecule has 0 fully saturated rings. The maximum Gasteiger partial charge on any atom is 0.255 e. The van der Waals surface area contributed by atoms with Crippen LogP contribution in [0.5, 0.6) is 5.75 Å². The second-order valence-corrected chi connectivity index (χ2v) is 6.56. The number of para-hydroxylation sites is 1. The predicted octanol–water partition coefficient (Wildman–Crippen LogP) is 4.96. The second kappa shape index (κ2) is 8.51. The lowest BCUT2D eigenvalue weighted by Crippen LogP contribution is -2.14. The molecular formula is C21H17BrN2O3. The van der Waals surface area contributed by atoms with Gasteiger partial charge in [0.1, 0.15) is 5.75 Å². The Morgan fingerprint density at radius 3 is 2.07 bits per heavy atom. The van der Waals surface area contributed by atoms with E-state index in [0.717, 1.165) is 0 Å². The number of carbonyl (C=O) groups excluding carboxylic acids is 2. The highest BCUT2D eigenvalue weighted by Crippen LogP contribution is 2.26. The molecule has 0 aliphatic heterocycles. The summed E-state index contributed by atoms with van der Waals surface area (Å²) in [4.78, 5) is 24.9. The Bertz CT molecular complexity index is 974. The Kier molecular flexibility index (Phi) is 5.88. The average molecular weight is 425 g/mol. The van der Waals surface area contributed by atoms with Gasteiger partial charge in [0.2, 0.25) is 0 Å². The third-order valence-corrected chi connectivity index (χ3v) is 4.45. The van der Waals surface area contributed by atoms with Crippen molar-refractivity contribution < 1.29 is 14.3 Å². The van der Waals surface area contributed by atoms with Gasteiger partial charge in [0.05, 0.1) is 11.6 Å². The number of amides is 2. The van der Waals surface area contributed by atoms with Crippen molar-refractivity contribution >= 4 is 39.1 Å². The van der Waals surface area contributed by atoms with Crippen LogP contribution in [0.1, 0.15) is 20.7 Å². The normalized spacial score (nSPS) is 10.1. The van der Waals surface area contributed by atoms with E-state index >= 15 is 0 Å². The molecule has 2 N–H and O–H groups in total. The van der Waals surface area contributed by atoms with E-state index < -0.39 is 0 Å². The molecule has 0 atom stereocenters. The zero-order chi connectivity index (χ0) is 19.2. The highest BCUT2D eigenvalue weighted by Gasteiger charge is 2.11. The molecule has 0 aromatic heterocycles. The maximum atomic E-state index is 12.5. The summed E-state index contributed by atoms with van der Waals surface area (Å²) >= 11 is 3.37. The number of benzene rings is 3. The minimum atomic E-state index is -0.279. The van der Waals surface area contributed by atoms with E-state index in [1.165, 1.54) is 0 Å². The van der Waals surface area contributed by atoms with Gasteiger partial charge in [-0.25, -0.2) is 0 Å². The van der Waals surface area contributed by atoms with Gasteiger partial charge in [-0.3, -0.25) is 9.59 Å². The lowest BCUT2D eigenvalue weighted by atomic mass is 10.1. The first kappa shape index (κ1) is 18.7. The molecule has 2 amide bonds. The zero-order valence-electron chi connectivity index (χ0n) is 14.5. The van der Waals surface area contributed by atoms with Crippen molar-refractivity contribution in [3.63, 3.8) is 0 Å². The van der Waals surface area contributed by atoms with Crippen LogP contribution in [-0.4, -0.2) is 18.9 Å². The number of nitrogens with one attached hydrogen (secondary N) is 2. The summed E-state index contributed by atoms with van der Waals surface area (Å²) in [6.45, 7) is 0. The number of hydrogen-bond donors (Lipinski definition) is 2. The van der Waals surface area contributed by atoms with Gasteiger partial charge < -0.3 is 15.4 Å². The predicted molar refractivity (Wildman–Crippen MR) is 109 cm³/mol. The molecule has 0 heterocycles. The number of rotatable bonds is 5. The van der Waals surface area contributed by atoms with E-state index in [-0.39, 0.29) is 11.8 Å². The smallest absolute Gasteiger partial charge is 0.255 e. The molecule has 3 aromatic rings. The van der Waals surface area contributed by atoms with Crippen LogP contribution in [-0.2, 0) is 0 Å². The van der Waals surface area contributed by atoms with Crippen LogP contribution >= 0.6 is 15.9 Å². The Balaban J connectivity index is 1.72. The molecule has 3 rings (SSSR count). The van der Waals surface area contributed by atoms with Crippen molar-refractivity contribution in [2.24, 2.45) is 0 Å². The van der Waals surface area contributed by atoms with E-state index in [1.807, 2.05) is 30.3 Å². The van der Waals surface area contributed by atoms with Gasteiger partial charge in [0.25, 0.3) is 11.8 Å². The van der Waals surface area contributed by atoms with Crippen LogP contribution < -0.4 is 15.4 Å². The Morgan fingerprint density at radius 2 is 1.41 bits per heavy atom. The Morgan fingerprint density at radius 1 is 0.778 bits per heavy atom. The molecule has 5 nitrogen and oxygen atoms in total. The molecule has 136 valence electrons. The minimum absolute atomic E-state index is 0.246. The van der Waals surface area contributed by atoms with Gasteiger partial charge in [-0.1, -0.05) is 24.3 Å². The molecule has 0 unspecified atom stereocenters. The van der Waals surface area contributed by atoms with Crippen molar-refractivity contribution in [2.45, 2.75) is 0 Å². The van der Waals surface area contributed by atoms with Gasteiger partial charge in [-0.15, -0.1) is 0 Å². The van der Waals surface area contributed by atoms with Crippen LogP contribution in [0.25, 0.3) is 0 Å². The van der Waals surface area contributed by atoms with E-state index in [0.29, 0.717) is 32.7 Å². The summed E-state index contributed by atoms with van der Waals surface area (Å²) in [5.41, 5.74) is 2.17. The largest absolute Gasteiger partial charge is 0.496 e. The molecule has 0 spiro atoms. The molecule has 27 heavy (non-hydrogen) atoms. The molecule has 0 aliphatic carbocycles. The topological polar surface area (TPSA) is 67.4 Å². The van der Waals surface area contributed by atoms with Gasteiger partial charge in [0, 0.05) is 22.5 Å². The molecule has 0 bridgehead atoms. The maximum absolute atomic E-state index is 12.5. The second-order valence-electron chi connectivity index (χ2n) is 5.70. The van der Waals surface area contributed by atoms with E-state index in [1.54, 1.807) is 49.6 Å². The zero-order valence-corrected chi connectivity index (χ0v) is 16.1. The van der Waals surface area contributed by atoms with Crippen LogP contribution in [0.15, 0.2) is 77.3 Å². The van der Waals surface area contributed by atoms with Crippen molar-refractivity contribution in [2.75, 3.05) is 17.7 Å². The molecule has 3 aromatic carbocycles. The van der Waals surface area contributed by atoms with Crippen molar-refractivity contribution in [3.8, 4) is 5.75 Å². The number of ether oxygens (including phenoxy) is 1. The van der Waals surface area contributed by atoms with Crippen LogP contribution in [0.4, 0.5) is 11.4 Å². The fourth-order valence-corrected chi connectivity index (χ4v) is 3.01. The lowest BCUT2D eigenvalue weighted by molar-refractivity contribution is 0.101. The first-order valence-electron chi connectivity index (χ1n) is 8.18. The van der Waals surface area contributed by atoms with Gasteiger partial charge in [-0.05, 0) is 64.5 Å². The van der Waals surface area contributed by atoms with Crippen molar-refractivity contribution in [1.29, 1.82) is 0 Å². The van der Waals surface area contributed by atoms with E-state index in [2.05, 4.69) is 26.6 Å². The summed E-state index contributed by atoms with van der Waals surface area (Å²) in [5.74, 6) is 0.120. The number of halogens is 1. The van der Waals surface area contributed by atoms with E-state index in [9.17, 15) is 9.59 Å². The fourth-order valence-electron chi connectivity index (χ4n) is 2.47. The number of hydrogen-bond acceptors (Lipinski definition) is 3. The standard InChI is InChI=1S/C21H17BrN2O3/c1-27-19-11-10-15(13-18(19)22)21(26)24-17-9-5-6-14(12-17)20(25)23-16-7-3-2-4-8-16/h2-13H,1H3,(H,23,25)(H,24,26). The SMILES string of the molecule is COc1ccc(C(=O)Nc2cccc(C(=O)Nc3ccccc3)c2)cc1Br. The van der Waals surface area contributed by atoms with Crippen LogP contribution in [0.3, 0.4) is 0 Å². The quantitative estimate of drug-likeness (QED) is 0.607. The number of carbonyl (C=O) groups is 2. The summed E-state index contributed by atoms with van der Waals surface area (Å²) in [5, 5.41) is 5.62. The summed E-state index contributed by atoms with van der Waals surface area (Å²) in [6.07, 6.45) is 0. The summed E-state index contributed by atoms with van der Waals surface area (Å²) in [7, 11) is 1.56.